The van der Waals surface area contributed by atoms with Crippen LogP contribution in [0.5, 0.6) is 0 Å². The van der Waals surface area contributed by atoms with Gasteiger partial charge in [-0.25, -0.2) is 4.98 Å². The molecule has 1 aliphatic rings. The van der Waals surface area contributed by atoms with Crippen LogP contribution in [-0.4, -0.2) is 59.5 Å². The van der Waals surface area contributed by atoms with E-state index in [2.05, 4.69) is 54.8 Å². The maximum Gasteiger partial charge on any atom is 0.225 e. The summed E-state index contributed by atoms with van der Waals surface area (Å²) in [6, 6.07) is 14.1. The lowest BCUT2D eigenvalue weighted by atomic mass is 10.2. The van der Waals surface area contributed by atoms with E-state index in [1.165, 1.54) is 5.69 Å². The molecule has 4 rings (SSSR count). The first-order valence-corrected chi connectivity index (χ1v) is 10.2. The molecule has 1 aromatic carbocycles. The molecule has 0 saturated carbocycles. The zero-order chi connectivity index (χ0) is 20.6. The van der Waals surface area contributed by atoms with Gasteiger partial charge >= 0.3 is 0 Å². The highest BCUT2D eigenvalue weighted by Gasteiger charge is 2.11. The Hall–Kier alpha value is -3.23. The van der Waals surface area contributed by atoms with Crippen LogP contribution >= 0.6 is 0 Å². The average Bonchev–Trinajstić information content (AvgIpc) is 2.81. The van der Waals surface area contributed by atoms with Crippen molar-refractivity contribution in [3.63, 3.8) is 0 Å². The molecule has 3 aromatic rings. The minimum atomic E-state index is 0.123. The molecule has 156 valence electrons. The number of anilines is 4. The van der Waals surface area contributed by atoms with Crippen LogP contribution < -0.4 is 15.5 Å². The van der Waals surface area contributed by atoms with E-state index in [0.717, 1.165) is 43.2 Å². The van der Waals surface area contributed by atoms with Crippen molar-refractivity contribution in [2.75, 3.05) is 55.0 Å². The Labute approximate surface area is 176 Å². The predicted molar refractivity (Wildman–Crippen MR) is 118 cm³/mol. The Morgan fingerprint density at radius 1 is 1.00 bits per heavy atom. The third kappa shape index (κ3) is 5.22. The topological polar surface area (TPSA) is 95.4 Å². The molecule has 8 nitrogen and oxygen atoms in total. The number of aliphatic hydroxyl groups is 1. The van der Waals surface area contributed by atoms with Crippen LogP contribution in [0.4, 0.5) is 23.1 Å². The summed E-state index contributed by atoms with van der Waals surface area (Å²) in [7, 11) is 0. The van der Waals surface area contributed by atoms with Gasteiger partial charge in [0.1, 0.15) is 5.82 Å². The second kappa shape index (κ2) is 10.00. The molecular formula is C22H26N6O2. The molecule has 8 heteroatoms. The maximum absolute atomic E-state index is 9.03. The summed E-state index contributed by atoms with van der Waals surface area (Å²) in [5.41, 5.74) is 3.90. The van der Waals surface area contributed by atoms with Crippen molar-refractivity contribution >= 4 is 23.1 Å². The van der Waals surface area contributed by atoms with E-state index in [1.54, 1.807) is 12.4 Å². The fraction of sp³-hybridized carbons (Fsp3) is 0.318. The van der Waals surface area contributed by atoms with Crippen LogP contribution in [0.3, 0.4) is 0 Å². The van der Waals surface area contributed by atoms with Crippen molar-refractivity contribution < 1.29 is 9.84 Å². The van der Waals surface area contributed by atoms with Crippen molar-refractivity contribution in [2.45, 2.75) is 6.42 Å². The molecule has 1 fully saturated rings. The molecule has 3 N–H and O–H groups in total. The average molecular weight is 406 g/mol. The smallest absolute Gasteiger partial charge is 0.225 e. The first-order chi connectivity index (χ1) is 14.8. The predicted octanol–water partition coefficient (Wildman–Crippen LogP) is 2.91. The zero-order valence-electron chi connectivity index (χ0n) is 16.8. The zero-order valence-corrected chi connectivity index (χ0v) is 16.8. The van der Waals surface area contributed by atoms with Gasteiger partial charge in [-0.3, -0.25) is 4.98 Å². The number of benzene rings is 1. The van der Waals surface area contributed by atoms with Gasteiger partial charge in [-0.1, -0.05) is 0 Å². The highest BCUT2D eigenvalue weighted by molar-refractivity contribution is 5.68. The normalized spacial score (nSPS) is 13.8. The number of aromatic nitrogens is 3. The third-order valence-electron chi connectivity index (χ3n) is 4.84. The standard InChI is InChI=1S/C22H26N6O2/c29-13-1-8-24-22-26-20(17-6-9-23-10-7-17)16-21(27-22)25-18-2-4-19(5-3-18)28-11-14-30-15-12-28/h2-7,9-10,16,29H,1,8,11-15H2,(H2,24,25,26,27). The van der Waals surface area contributed by atoms with Crippen molar-refractivity contribution in [1.82, 2.24) is 15.0 Å². The van der Waals surface area contributed by atoms with E-state index in [4.69, 9.17) is 9.84 Å². The van der Waals surface area contributed by atoms with E-state index >= 15 is 0 Å². The van der Waals surface area contributed by atoms with Crippen LogP contribution in [0.2, 0.25) is 0 Å². The summed E-state index contributed by atoms with van der Waals surface area (Å²) < 4.78 is 5.43. The summed E-state index contributed by atoms with van der Waals surface area (Å²) in [5.74, 6) is 1.22. The summed E-state index contributed by atoms with van der Waals surface area (Å²) in [6.45, 7) is 4.09. The molecule has 30 heavy (non-hydrogen) atoms. The first kappa shape index (κ1) is 20.1. The number of aliphatic hydroxyl groups excluding tert-OH is 1. The van der Waals surface area contributed by atoms with Crippen molar-refractivity contribution in [2.24, 2.45) is 0 Å². The lowest BCUT2D eigenvalue weighted by Crippen LogP contribution is -2.36. The third-order valence-corrected chi connectivity index (χ3v) is 4.84. The number of pyridine rings is 1. The largest absolute Gasteiger partial charge is 0.396 e. The number of rotatable bonds is 8. The second-order valence-electron chi connectivity index (χ2n) is 6.97. The number of hydrogen-bond acceptors (Lipinski definition) is 8. The van der Waals surface area contributed by atoms with Crippen molar-refractivity contribution in [1.29, 1.82) is 0 Å². The Morgan fingerprint density at radius 2 is 1.77 bits per heavy atom. The molecule has 0 atom stereocenters. The van der Waals surface area contributed by atoms with Gasteiger partial charge in [-0.15, -0.1) is 0 Å². The molecule has 0 unspecified atom stereocenters. The number of hydrogen-bond donors (Lipinski definition) is 3. The molecule has 0 aliphatic carbocycles. The number of nitrogens with zero attached hydrogens (tertiary/aromatic N) is 4. The van der Waals surface area contributed by atoms with Crippen LogP contribution in [0.15, 0.2) is 54.9 Å². The van der Waals surface area contributed by atoms with E-state index in [-0.39, 0.29) is 6.61 Å². The van der Waals surface area contributed by atoms with Gasteiger partial charge in [0.05, 0.1) is 18.9 Å². The van der Waals surface area contributed by atoms with Crippen molar-refractivity contribution in [3.05, 3.63) is 54.9 Å². The Kier molecular flexibility index (Phi) is 6.68. The van der Waals surface area contributed by atoms with Crippen LogP contribution in [0.1, 0.15) is 6.42 Å². The van der Waals surface area contributed by atoms with Crippen LogP contribution in [-0.2, 0) is 4.74 Å². The monoisotopic (exact) mass is 406 g/mol. The SMILES string of the molecule is OCCCNc1nc(Nc2ccc(N3CCOCC3)cc2)cc(-c2ccncc2)n1. The minimum Gasteiger partial charge on any atom is -0.396 e. The number of morpholine rings is 1. The lowest BCUT2D eigenvalue weighted by molar-refractivity contribution is 0.122. The summed E-state index contributed by atoms with van der Waals surface area (Å²) in [5, 5.41) is 15.6. The summed E-state index contributed by atoms with van der Waals surface area (Å²) in [6.07, 6.45) is 4.12. The fourth-order valence-corrected chi connectivity index (χ4v) is 3.27. The molecule has 0 amide bonds. The van der Waals surface area contributed by atoms with Gasteiger partial charge in [-0.05, 0) is 42.8 Å². The Morgan fingerprint density at radius 3 is 2.50 bits per heavy atom. The second-order valence-corrected chi connectivity index (χ2v) is 6.97. The van der Waals surface area contributed by atoms with Gasteiger partial charge in [-0.2, -0.15) is 4.98 Å². The number of nitrogens with one attached hydrogen (secondary N) is 2. The molecular weight excluding hydrogens is 380 g/mol. The highest BCUT2D eigenvalue weighted by atomic mass is 16.5. The van der Waals surface area contributed by atoms with E-state index in [9.17, 15) is 0 Å². The summed E-state index contributed by atoms with van der Waals surface area (Å²) >= 11 is 0. The highest BCUT2D eigenvalue weighted by Crippen LogP contribution is 2.25. The molecule has 3 heterocycles. The maximum atomic E-state index is 9.03. The number of ether oxygens (including phenoxy) is 1. The van der Waals surface area contributed by atoms with Gasteiger partial charge < -0.3 is 25.4 Å². The van der Waals surface area contributed by atoms with Crippen LogP contribution in [0.25, 0.3) is 11.3 Å². The lowest BCUT2D eigenvalue weighted by Gasteiger charge is -2.28. The van der Waals surface area contributed by atoms with Gasteiger partial charge in [0.2, 0.25) is 5.95 Å². The molecule has 1 saturated heterocycles. The Balaban J connectivity index is 1.54. The van der Waals surface area contributed by atoms with Crippen LogP contribution in [0, 0.1) is 0 Å². The van der Waals surface area contributed by atoms with Gasteiger partial charge in [0, 0.05) is 61.6 Å². The molecule has 1 aliphatic heterocycles. The molecule has 2 aromatic heterocycles. The van der Waals surface area contributed by atoms with E-state index < -0.39 is 0 Å². The Bertz CT molecular complexity index is 930. The quantitative estimate of drug-likeness (QED) is 0.492. The van der Waals surface area contributed by atoms with E-state index in [1.807, 2.05) is 18.2 Å². The van der Waals surface area contributed by atoms with Crippen molar-refractivity contribution in [3.8, 4) is 11.3 Å². The molecule has 0 spiro atoms. The van der Waals surface area contributed by atoms with E-state index in [0.29, 0.717) is 24.7 Å². The fourth-order valence-electron chi connectivity index (χ4n) is 3.27. The van der Waals surface area contributed by atoms with Gasteiger partial charge in [0.15, 0.2) is 0 Å². The first-order valence-electron chi connectivity index (χ1n) is 10.2. The minimum absolute atomic E-state index is 0.123. The molecule has 0 bridgehead atoms. The van der Waals surface area contributed by atoms with Gasteiger partial charge in [0.25, 0.3) is 0 Å². The molecule has 0 radical (unpaired) electrons. The summed E-state index contributed by atoms with van der Waals surface area (Å²) in [4.78, 5) is 15.6.